The minimum Gasteiger partial charge on any atom is -0.495 e. The van der Waals surface area contributed by atoms with Gasteiger partial charge < -0.3 is 15.0 Å². The molecular weight excluding hydrogens is 284 g/mol. The van der Waals surface area contributed by atoms with Crippen molar-refractivity contribution < 1.29 is 14.3 Å². The summed E-state index contributed by atoms with van der Waals surface area (Å²) in [6.45, 7) is 5.01. The number of benzene rings is 1. The van der Waals surface area contributed by atoms with Crippen molar-refractivity contribution in [2.24, 2.45) is 0 Å². The molecule has 2 N–H and O–H groups in total. The van der Waals surface area contributed by atoms with E-state index in [9.17, 15) is 9.59 Å². The van der Waals surface area contributed by atoms with E-state index in [2.05, 4.69) is 15.6 Å². The number of carbonyl (C=O) groups is 2. The molecule has 1 fully saturated rings. The van der Waals surface area contributed by atoms with Crippen LogP contribution in [-0.2, 0) is 9.59 Å². The molecule has 22 heavy (non-hydrogen) atoms. The van der Waals surface area contributed by atoms with Crippen LogP contribution in [0.25, 0.3) is 0 Å². The summed E-state index contributed by atoms with van der Waals surface area (Å²) in [4.78, 5) is 26.1. The molecule has 1 heterocycles. The van der Waals surface area contributed by atoms with Crippen LogP contribution in [0.5, 0.6) is 5.75 Å². The number of hydrogen-bond donors (Lipinski definition) is 2. The van der Waals surface area contributed by atoms with Crippen molar-refractivity contribution in [2.45, 2.75) is 6.92 Å². The Hall–Kier alpha value is -2.12. The summed E-state index contributed by atoms with van der Waals surface area (Å²) in [5, 5.41) is 4.35. The minimum atomic E-state index is -0.706. The third kappa shape index (κ3) is 4.19. The zero-order valence-electron chi connectivity index (χ0n) is 13.2. The molecule has 0 saturated carbocycles. The lowest BCUT2D eigenvalue weighted by molar-refractivity contribution is -0.139. The zero-order valence-corrected chi connectivity index (χ0v) is 13.2. The number of carbonyl (C=O) groups excluding carboxylic acids is 2. The molecule has 1 saturated heterocycles. The highest BCUT2D eigenvalue weighted by Crippen LogP contribution is 2.24. The van der Waals surface area contributed by atoms with Crippen LogP contribution in [0.1, 0.15) is 5.56 Å². The van der Waals surface area contributed by atoms with Gasteiger partial charge in [0.25, 0.3) is 0 Å². The van der Waals surface area contributed by atoms with E-state index < -0.39 is 11.8 Å². The van der Waals surface area contributed by atoms with E-state index in [0.29, 0.717) is 24.5 Å². The van der Waals surface area contributed by atoms with Crippen LogP contribution in [0.4, 0.5) is 5.69 Å². The fourth-order valence-corrected chi connectivity index (χ4v) is 2.21. The lowest BCUT2D eigenvalue weighted by atomic mass is 10.2. The van der Waals surface area contributed by atoms with Gasteiger partial charge in [-0.05, 0) is 31.7 Å². The largest absolute Gasteiger partial charge is 0.495 e. The average Bonchev–Trinajstić information content (AvgIpc) is 2.49. The molecule has 0 bridgehead atoms. The number of amides is 2. The summed E-state index contributed by atoms with van der Waals surface area (Å²) in [5.41, 5.74) is 4.08. The molecule has 0 aliphatic carbocycles. The molecule has 1 aromatic carbocycles. The number of hydrogen-bond acceptors (Lipinski definition) is 5. The summed E-state index contributed by atoms with van der Waals surface area (Å²) in [6, 6.07) is 5.39. The maximum atomic E-state index is 12.0. The van der Waals surface area contributed by atoms with Gasteiger partial charge in [-0.1, -0.05) is 6.07 Å². The van der Waals surface area contributed by atoms with E-state index in [4.69, 9.17) is 4.74 Å². The zero-order chi connectivity index (χ0) is 16.1. The van der Waals surface area contributed by atoms with Crippen molar-refractivity contribution >= 4 is 17.5 Å². The molecular formula is C15H22N4O3. The molecule has 2 amide bonds. The molecule has 1 aliphatic heterocycles. The normalized spacial score (nSPS) is 16.1. The van der Waals surface area contributed by atoms with Gasteiger partial charge in [0.1, 0.15) is 5.75 Å². The number of likely N-dealkylation sites (N-methyl/N-ethyl adjacent to an activating group) is 1. The van der Waals surface area contributed by atoms with E-state index in [-0.39, 0.29) is 0 Å². The molecule has 1 aromatic rings. The van der Waals surface area contributed by atoms with E-state index >= 15 is 0 Å². The SMILES string of the molecule is COc1ccc(C)cc1NC(=O)C(=O)NN1CCN(C)CC1. The Balaban J connectivity index is 1.94. The van der Waals surface area contributed by atoms with Gasteiger partial charge in [0, 0.05) is 26.2 Å². The van der Waals surface area contributed by atoms with Crippen molar-refractivity contribution in [2.75, 3.05) is 45.7 Å². The molecule has 0 spiro atoms. The number of piperazine rings is 1. The van der Waals surface area contributed by atoms with Crippen LogP contribution in [0.15, 0.2) is 18.2 Å². The molecule has 0 atom stereocenters. The van der Waals surface area contributed by atoms with Crippen LogP contribution >= 0.6 is 0 Å². The van der Waals surface area contributed by atoms with Gasteiger partial charge in [-0.3, -0.25) is 15.0 Å². The number of aryl methyl sites for hydroxylation is 1. The number of rotatable bonds is 3. The first-order chi connectivity index (χ1) is 10.5. The van der Waals surface area contributed by atoms with E-state index in [1.165, 1.54) is 7.11 Å². The van der Waals surface area contributed by atoms with Crippen molar-refractivity contribution in [3.05, 3.63) is 23.8 Å². The van der Waals surface area contributed by atoms with Gasteiger partial charge in [0.2, 0.25) is 0 Å². The Bertz CT molecular complexity index is 554. The monoisotopic (exact) mass is 306 g/mol. The first-order valence-corrected chi connectivity index (χ1v) is 7.19. The van der Waals surface area contributed by atoms with Gasteiger partial charge in [-0.2, -0.15) is 0 Å². The Labute approximate surface area is 130 Å². The lowest BCUT2D eigenvalue weighted by Crippen LogP contribution is -2.54. The Morgan fingerprint density at radius 3 is 2.45 bits per heavy atom. The maximum Gasteiger partial charge on any atom is 0.323 e. The second kappa shape index (κ2) is 7.24. The second-order valence-corrected chi connectivity index (χ2v) is 5.39. The topological polar surface area (TPSA) is 73.9 Å². The highest BCUT2D eigenvalue weighted by molar-refractivity contribution is 6.39. The molecule has 7 nitrogen and oxygen atoms in total. The quantitative estimate of drug-likeness (QED) is 0.782. The average molecular weight is 306 g/mol. The number of anilines is 1. The summed E-state index contributed by atoms with van der Waals surface area (Å²) >= 11 is 0. The molecule has 0 radical (unpaired) electrons. The standard InChI is InChI=1S/C15H22N4O3/c1-11-4-5-13(22-3)12(10-11)16-14(20)15(21)17-19-8-6-18(2)7-9-19/h4-5,10H,6-9H2,1-3H3,(H,16,20)(H,17,21). The van der Waals surface area contributed by atoms with E-state index in [0.717, 1.165) is 18.7 Å². The molecule has 0 aromatic heterocycles. The van der Waals surface area contributed by atoms with Crippen LogP contribution in [0.2, 0.25) is 0 Å². The Morgan fingerprint density at radius 1 is 1.14 bits per heavy atom. The highest BCUT2D eigenvalue weighted by atomic mass is 16.5. The fraction of sp³-hybridized carbons (Fsp3) is 0.467. The predicted octanol–water partition coefficient (Wildman–Crippen LogP) is 0.221. The van der Waals surface area contributed by atoms with Crippen molar-refractivity contribution in [1.82, 2.24) is 15.3 Å². The maximum absolute atomic E-state index is 12.0. The van der Waals surface area contributed by atoms with Crippen LogP contribution in [0, 0.1) is 6.92 Å². The van der Waals surface area contributed by atoms with E-state index in [1.807, 2.05) is 20.0 Å². The molecule has 1 aliphatic rings. The van der Waals surface area contributed by atoms with Gasteiger partial charge in [-0.25, -0.2) is 5.01 Å². The summed E-state index contributed by atoms with van der Waals surface area (Å²) in [7, 11) is 3.54. The number of hydrazine groups is 1. The second-order valence-electron chi connectivity index (χ2n) is 5.39. The third-order valence-corrected chi connectivity index (χ3v) is 3.57. The van der Waals surface area contributed by atoms with Crippen molar-refractivity contribution in [3.8, 4) is 5.75 Å². The summed E-state index contributed by atoms with van der Waals surface area (Å²) in [5.74, 6) is -0.859. The number of nitrogens with one attached hydrogen (secondary N) is 2. The lowest BCUT2D eigenvalue weighted by Gasteiger charge is -2.32. The highest BCUT2D eigenvalue weighted by Gasteiger charge is 2.21. The summed E-state index contributed by atoms with van der Waals surface area (Å²) in [6.07, 6.45) is 0. The molecule has 2 rings (SSSR count). The minimum absolute atomic E-state index is 0.487. The number of nitrogens with zero attached hydrogens (tertiary/aromatic N) is 2. The number of ether oxygens (including phenoxy) is 1. The van der Waals surface area contributed by atoms with Gasteiger partial charge in [0.15, 0.2) is 0 Å². The van der Waals surface area contributed by atoms with Crippen molar-refractivity contribution in [1.29, 1.82) is 0 Å². The molecule has 7 heteroatoms. The smallest absolute Gasteiger partial charge is 0.323 e. The van der Waals surface area contributed by atoms with Crippen LogP contribution in [-0.4, -0.2) is 62.1 Å². The first kappa shape index (κ1) is 16.3. The van der Waals surface area contributed by atoms with E-state index in [1.54, 1.807) is 17.1 Å². The summed E-state index contributed by atoms with van der Waals surface area (Å²) < 4.78 is 5.18. The number of methoxy groups -OCH3 is 1. The third-order valence-electron chi connectivity index (χ3n) is 3.57. The Kier molecular flexibility index (Phi) is 5.35. The van der Waals surface area contributed by atoms with Crippen LogP contribution in [0.3, 0.4) is 0 Å². The van der Waals surface area contributed by atoms with Crippen LogP contribution < -0.4 is 15.5 Å². The molecule has 0 unspecified atom stereocenters. The first-order valence-electron chi connectivity index (χ1n) is 7.19. The Morgan fingerprint density at radius 2 is 1.82 bits per heavy atom. The van der Waals surface area contributed by atoms with Crippen molar-refractivity contribution in [3.63, 3.8) is 0 Å². The fourth-order valence-electron chi connectivity index (χ4n) is 2.21. The van der Waals surface area contributed by atoms with Gasteiger partial charge in [-0.15, -0.1) is 0 Å². The predicted molar refractivity (Wildman–Crippen MR) is 83.6 cm³/mol. The molecule has 120 valence electrons. The van der Waals surface area contributed by atoms with Gasteiger partial charge in [0.05, 0.1) is 12.8 Å². The van der Waals surface area contributed by atoms with Gasteiger partial charge >= 0.3 is 11.8 Å².